The van der Waals surface area contributed by atoms with Crippen molar-refractivity contribution in [1.29, 1.82) is 0 Å². The fraction of sp³-hybridized carbons (Fsp3) is 0.211. The first-order chi connectivity index (χ1) is 39.0. The average molecular weight is 1050 g/mol. The number of hydrogen-bond donors (Lipinski definition) is 1. The van der Waals surface area contributed by atoms with E-state index in [-0.39, 0.29) is 0 Å². The molecule has 17 rings (SSSR count). The highest BCUT2D eigenvalue weighted by Gasteiger charge is 2.22. The van der Waals surface area contributed by atoms with Gasteiger partial charge in [0.1, 0.15) is 0 Å². The third-order valence-electron chi connectivity index (χ3n) is 19.1. The first kappa shape index (κ1) is 46.4. The summed E-state index contributed by atoms with van der Waals surface area (Å²) in [7, 11) is 0. The van der Waals surface area contributed by atoms with Crippen LogP contribution in [0, 0.1) is 0 Å². The Labute approximate surface area is 470 Å². The van der Waals surface area contributed by atoms with Crippen molar-refractivity contribution in [2.75, 3.05) is 0 Å². The molecule has 3 heterocycles. The van der Waals surface area contributed by atoms with E-state index in [1.165, 1.54) is 276 Å². The van der Waals surface area contributed by atoms with Gasteiger partial charge in [0.15, 0.2) is 0 Å². The van der Waals surface area contributed by atoms with Crippen molar-refractivity contribution in [1.82, 2.24) is 4.98 Å². The van der Waals surface area contributed by atoms with Crippen LogP contribution in [0.15, 0.2) is 170 Å². The Balaban J connectivity index is 0.831. The molecule has 3 heteroatoms. The number of aromatic nitrogens is 1. The predicted octanol–water partition coefficient (Wildman–Crippen LogP) is 21.6. The molecule has 0 bridgehead atoms. The molecule has 1 nitrogen and oxygen atoms in total. The Morgan fingerprint density at radius 1 is 0.228 bits per heavy atom. The van der Waals surface area contributed by atoms with E-state index in [0.717, 1.165) is 0 Å². The zero-order valence-corrected chi connectivity index (χ0v) is 46.4. The van der Waals surface area contributed by atoms with Gasteiger partial charge in [-0.3, -0.25) is 0 Å². The Hall–Kier alpha value is -7.56. The van der Waals surface area contributed by atoms with Crippen molar-refractivity contribution in [2.45, 2.75) is 103 Å². The standard InChI is InChI=1S/C76H61NS2/c1-5-13-49-33-53(21-17-45(49)9-1)57-27-31-73-67(37-57)69-43-61(55-23-19-47-11-3-7-15-51(47)35-55)41-63(75(69)78-73)59-25-29-71-65(39-59)66-40-60(26-30-72(66)77-71)64-42-62(56-24-20-48-12-4-8-16-52(48)36-56)44-70-68-38-58(28-32-74(68)79-76(64)70)54-22-18-46-10-2-6-14-50(46)34-54/h17-44,77H,1-16H2. The zero-order chi connectivity index (χ0) is 51.7. The van der Waals surface area contributed by atoms with Crippen LogP contribution in [0.4, 0.5) is 0 Å². The molecule has 4 aliphatic carbocycles. The maximum absolute atomic E-state index is 3.87. The molecule has 0 atom stereocenters. The van der Waals surface area contributed by atoms with E-state index >= 15 is 0 Å². The van der Waals surface area contributed by atoms with E-state index in [0.29, 0.717) is 0 Å². The molecule has 0 saturated heterocycles. The lowest BCUT2D eigenvalue weighted by Crippen LogP contribution is -2.02. The van der Waals surface area contributed by atoms with Crippen molar-refractivity contribution in [3.8, 4) is 66.8 Å². The molecule has 1 N–H and O–H groups in total. The summed E-state index contributed by atoms with van der Waals surface area (Å²) in [5.41, 5.74) is 30.3. The molecule has 0 saturated carbocycles. The summed E-state index contributed by atoms with van der Waals surface area (Å²) in [4.78, 5) is 3.87. The van der Waals surface area contributed by atoms with Gasteiger partial charge in [-0.2, -0.15) is 0 Å². The van der Waals surface area contributed by atoms with Gasteiger partial charge in [0.05, 0.1) is 0 Å². The molecule has 79 heavy (non-hydrogen) atoms. The van der Waals surface area contributed by atoms with Gasteiger partial charge >= 0.3 is 0 Å². The fourth-order valence-electron chi connectivity index (χ4n) is 14.8. The van der Waals surface area contributed by atoms with Gasteiger partial charge in [-0.25, -0.2) is 0 Å². The molecule has 13 aromatic rings. The molecular formula is C76H61NS2. The first-order valence-corrected chi connectivity index (χ1v) is 31.2. The number of rotatable bonds is 6. The van der Waals surface area contributed by atoms with E-state index in [4.69, 9.17) is 0 Å². The highest BCUT2D eigenvalue weighted by atomic mass is 32.1. The topological polar surface area (TPSA) is 15.8 Å². The van der Waals surface area contributed by atoms with E-state index in [1.807, 2.05) is 22.7 Å². The summed E-state index contributed by atoms with van der Waals surface area (Å²) < 4.78 is 5.41. The van der Waals surface area contributed by atoms with Crippen LogP contribution in [-0.2, 0) is 51.4 Å². The van der Waals surface area contributed by atoms with Gasteiger partial charge in [-0.15, -0.1) is 22.7 Å². The second-order valence-electron chi connectivity index (χ2n) is 23.8. The SMILES string of the molecule is c1cc2c(cc1-c1ccc3sc4c(-c5ccc6[nH]c7ccc(-c8cc(-c9ccc%10c(c9)CCCC%10)cc9c8sc8ccc(-c%10ccc%11c(c%10)CCCC%11)cc89)cc7c6c5)cc(-c5ccc6c(c5)CCCC6)cc4c3c1)CCCC2. The molecule has 0 fully saturated rings. The van der Waals surface area contributed by atoms with Crippen molar-refractivity contribution < 1.29 is 0 Å². The van der Waals surface area contributed by atoms with Crippen molar-refractivity contribution in [2.24, 2.45) is 0 Å². The Bertz CT molecular complexity index is 4390. The van der Waals surface area contributed by atoms with Gasteiger partial charge in [0.25, 0.3) is 0 Å². The number of nitrogens with one attached hydrogen (secondary N) is 1. The predicted molar refractivity (Wildman–Crippen MR) is 341 cm³/mol. The summed E-state index contributed by atoms with van der Waals surface area (Å²) in [5.74, 6) is 0. The Morgan fingerprint density at radius 2 is 0.519 bits per heavy atom. The van der Waals surface area contributed by atoms with Crippen molar-refractivity contribution in [3.63, 3.8) is 0 Å². The Kier molecular flexibility index (Phi) is 10.9. The zero-order valence-electron chi connectivity index (χ0n) is 44.8. The minimum atomic E-state index is 1.17. The van der Waals surface area contributed by atoms with E-state index in [2.05, 4.69) is 175 Å². The lowest BCUT2D eigenvalue weighted by Gasteiger charge is -2.17. The number of H-pyrrole nitrogens is 1. The molecular weight excluding hydrogens is 991 g/mol. The minimum absolute atomic E-state index is 1.17. The quantitative estimate of drug-likeness (QED) is 0.171. The van der Waals surface area contributed by atoms with Crippen LogP contribution in [0.1, 0.15) is 95.9 Å². The molecule has 0 aliphatic heterocycles. The normalized spacial score (nSPS) is 15.3. The summed E-state index contributed by atoms with van der Waals surface area (Å²) >= 11 is 3.91. The van der Waals surface area contributed by atoms with Gasteiger partial charge < -0.3 is 4.98 Å². The largest absolute Gasteiger partial charge is 0.355 e. The molecule has 0 radical (unpaired) electrons. The van der Waals surface area contributed by atoms with Crippen LogP contribution in [-0.4, -0.2) is 4.98 Å². The smallest absolute Gasteiger partial charge is 0.0465 e. The van der Waals surface area contributed by atoms with Gasteiger partial charge in [-0.05, 0) is 276 Å². The van der Waals surface area contributed by atoms with Crippen LogP contribution in [0.25, 0.3) is 129 Å². The molecule has 3 aromatic heterocycles. The van der Waals surface area contributed by atoms with E-state index in [9.17, 15) is 0 Å². The number of aromatic amines is 1. The van der Waals surface area contributed by atoms with Gasteiger partial charge in [0.2, 0.25) is 0 Å². The van der Waals surface area contributed by atoms with Gasteiger partial charge in [-0.1, -0.05) is 97.1 Å². The molecule has 0 spiro atoms. The van der Waals surface area contributed by atoms with Crippen LogP contribution in [0.5, 0.6) is 0 Å². The summed E-state index contributed by atoms with van der Waals surface area (Å²) in [6.07, 6.45) is 19.9. The summed E-state index contributed by atoms with van der Waals surface area (Å²) in [5, 5.41) is 7.96. The maximum Gasteiger partial charge on any atom is 0.0465 e. The van der Waals surface area contributed by atoms with Gasteiger partial charge in [0, 0.05) is 73.3 Å². The number of thiophene rings is 2. The van der Waals surface area contributed by atoms with Crippen LogP contribution in [0.3, 0.4) is 0 Å². The number of benzene rings is 10. The minimum Gasteiger partial charge on any atom is -0.355 e. The molecule has 0 amide bonds. The van der Waals surface area contributed by atoms with Crippen LogP contribution in [0.2, 0.25) is 0 Å². The van der Waals surface area contributed by atoms with Crippen molar-refractivity contribution >= 4 is 84.8 Å². The third-order valence-corrected chi connectivity index (χ3v) is 21.5. The Morgan fingerprint density at radius 3 is 0.899 bits per heavy atom. The molecule has 0 unspecified atom stereocenters. The monoisotopic (exact) mass is 1050 g/mol. The van der Waals surface area contributed by atoms with E-state index in [1.54, 1.807) is 0 Å². The fourth-order valence-corrected chi connectivity index (χ4v) is 17.2. The maximum atomic E-state index is 3.87. The molecule has 10 aromatic carbocycles. The van der Waals surface area contributed by atoms with Crippen molar-refractivity contribution in [3.05, 3.63) is 214 Å². The number of fused-ring (bicyclic) bond motifs is 13. The highest BCUT2D eigenvalue weighted by Crippen LogP contribution is 2.48. The van der Waals surface area contributed by atoms with E-state index < -0.39 is 0 Å². The lowest BCUT2D eigenvalue weighted by molar-refractivity contribution is 0.686. The summed E-state index contributed by atoms with van der Waals surface area (Å²) in [6, 6.07) is 68.1. The number of hydrogen-bond acceptors (Lipinski definition) is 2. The molecule has 382 valence electrons. The van der Waals surface area contributed by atoms with Crippen LogP contribution < -0.4 is 0 Å². The highest BCUT2D eigenvalue weighted by molar-refractivity contribution is 7.26. The lowest BCUT2D eigenvalue weighted by atomic mass is 9.88. The third kappa shape index (κ3) is 7.89. The second-order valence-corrected chi connectivity index (χ2v) is 25.9. The summed E-state index contributed by atoms with van der Waals surface area (Å²) in [6.45, 7) is 0. The first-order valence-electron chi connectivity index (χ1n) is 29.6. The number of aryl methyl sites for hydroxylation is 8. The molecule has 4 aliphatic rings. The second kappa shape index (κ2) is 18.5. The average Bonchev–Trinajstić information content (AvgIpc) is 4.32. The van der Waals surface area contributed by atoms with Crippen LogP contribution >= 0.6 is 22.7 Å².